The van der Waals surface area contributed by atoms with Gasteiger partial charge in [-0.25, -0.2) is 0 Å². The second-order valence-corrected chi connectivity index (χ2v) is 8.14. The largest absolute Gasteiger partial charge is 0.396 e. The second kappa shape index (κ2) is 24.0. The molecule has 1 heteroatoms. The number of aliphatic hydroxyl groups is 1. The molecular weight excluding hydrogens is 460 g/mol. The SMILES string of the molecule is C.C=C/C=C\C(=C/C)c1ccc(C)cc1.CC.CC.CC1C=CC(c2ccc(C#CCCCO)cc2)=CC1. The van der Waals surface area contributed by atoms with Crippen molar-refractivity contribution in [2.24, 2.45) is 5.92 Å². The number of aliphatic hydroxyl groups excluding tert-OH is 1. The predicted octanol–water partition coefficient (Wildman–Crippen LogP) is 10.6. The summed E-state index contributed by atoms with van der Waals surface area (Å²) >= 11 is 0. The van der Waals surface area contributed by atoms with Crippen LogP contribution < -0.4 is 0 Å². The second-order valence-electron chi connectivity index (χ2n) is 8.14. The molecule has 0 heterocycles. The molecule has 0 aliphatic heterocycles. The quantitative estimate of drug-likeness (QED) is 0.232. The number of hydrogen-bond donors (Lipinski definition) is 1. The van der Waals surface area contributed by atoms with E-state index in [2.05, 4.69) is 111 Å². The lowest BCUT2D eigenvalue weighted by atomic mass is 9.94. The highest BCUT2D eigenvalue weighted by atomic mass is 16.2. The van der Waals surface area contributed by atoms with Gasteiger partial charge in [-0.2, -0.15) is 0 Å². The minimum atomic E-state index is 0. The van der Waals surface area contributed by atoms with Gasteiger partial charge in [0.25, 0.3) is 0 Å². The van der Waals surface area contributed by atoms with Crippen LogP contribution in [0.3, 0.4) is 0 Å². The van der Waals surface area contributed by atoms with Gasteiger partial charge < -0.3 is 5.11 Å². The van der Waals surface area contributed by atoms with Gasteiger partial charge in [-0.3, -0.25) is 0 Å². The summed E-state index contributed by atoms with van der Waals surface area (Å²) in [5, 5.41) is 8.68. The van der Waals surface area contributed by atoms with Crippen molar-refractivity contribution in [2.45, 2.75) is 75.2 Å². The molecule has 206 valence electrons. The van der Waals surface area contributed by atoms with Gasteiger partial charge in [0.05, 0.1) is 0 Å². The molecule has 2 aromatic carbocycles. The summed E-state index contributed by atoms with van der Waals surface area (Å²) in [7, 11) is 0. The van der Waals surface area contributed by atoms with Crippen molar-refractivity contribution in [2.75, 3.05) is 6.61 Å². The van der Waals surface area contributed by atoms with E-state index in [-0.39, 0.29) is 14.0 Å². The Hall–Kier alpha value is -3.34. The van der Waals surface area contributed by atoms with Gasteiger partial charge in [0.2, 0.25) is 0 Å². The molecule has 0 bridgehead atoms. The maximum Gasteiger partial charge on any atom is 0.0440 e. The first kappa shape index (κ1) is 36.8. The summed E-state index contributed by atoms with van der Waals surface area (Å²) in [6.45, 7) is 18.2. The molecule has 1 nitrogen and oxygen atoms in total. The Morgan fingerprint density at radius 2 is 1.66 bits per heavy atom. The maximum absolute atomic E-state index is 8.68. The van der Waals surface area contributed by atoms with E-state index in [1.807, 2.05) is 40.7 Å². The van der Waals surface area contributed by atoms with E-state index in [1.165, 1.54) is 27.8 Å². The fourth-order valence-electron chi connectivity index (χ4n) is 3.30. The molecule has 0 aromatic heterocycles. The summed E-state index contributed by atoms with van der Waals surface area (Å²) in [6, 6.07) is 16.9. The Morgan fingerprint density at radius 3 is 2.16 bits per heavy atom. The fourth-order valence-corrected chi connectivity index (χ4v) is 3.30. The van der Waals surface area contributed by atoms with Crippen molar-refractivity contribution < 1.29 is 5.11 Å². The van der Waals surface area contributed by atoms with Crippen LogP contribution in [-0.4, -0.2) is 11.7 Å². The van der Waals surface area contributed by atoms with E-state index in [0.717, 1.165) is 24.8 Å². The first-order chi connectivity index (χ1) is 18.1. The molecule has 0 amide bonds. The van der Waals surface area contributed by atoms with Crippen LogP contribution in [0, 0.1) is 24.7 Å². The number of aryl methyl sites for hydroxylation is 1. The third-order valence-corrected chi connectivity index (χ3v) is 5.33. The third-order valence-electron chi connectivity index (χ3n) is 5.33. The fraction of sp³-hybridized carbons (Fsp3) is 0.351. The zero-order valence-corrected chi connectivity index (χ0v) is 24.2. The Balaban J connectivity index is 0. The molecule has 0 spiro atoms. The average Bonchev–Trinajstić information content (AvgIpc) is 2.96. The molecule has 1 N–H and O–H groups in total. The monoisotopic (exact) mass is 512 g/mol. The first-order valence-corrected chi connectivity index (χ1v) is 13.7. The Labute approximate surface area is 235 Å². The lowest BCUT2D eigenvalue weighted by molar-refractivity contribution is 0.290. The van der Waals surface area contributed by atoms with E-state index in [1.54, 1.807) is 6.08 Å². The number of allylic oxidation sites excluding steroid dienone is 9. The van der Waals surface area contributed by atoms with E-state index in [0.29, 0.717) is 5.92 Å². The van der Waals surface area contributed by atoms with Crippen molar-refractivity contribution in [3.63, 3.8) is 0 Å². The number of benzene rings is 2. The molecule has 1 unspecified atom stereocenters. The highest BCUT2D eigenvalue weighted by Gasteiger charge is 2.05. The minimum Gasteiger partial charge on any atom is -0.396 e. The van der Waals surface area contributed by atoms with E-state index >= 15 is 0 Å². The summed E-state index contributed by atoms with van der Waals surface area (Å²) < 4.78 is 0. The molecule has 1 aliphatic carbocycles. The Kier molecular flexibility index (Phi) is 23.3. The number of hydrogen-bond acceptors (Lipinski definition) is 1. The molecule has 1 atom stereocenters. The Bertz CT molecular complexity index is 1050. The number of rotatable bonds is 6. The highest BCUT2D eigenvalue weighted by molar-refractivity contribution is 5.75. The van der Waals surface area contributed by atoms with Crippen LogP contribution in [-0.2, 0) is 0 Å². The number of unbranched alkanes of at least 4 members (excludes halogenated alkanes) is 1. The molecule has 0 saturated heterocycles. The normalized spacial score (nSPS) is 13.5. The molecular formula is C37H52O. The van der Waals surface area contributed by atoms with Gasteiger partial charge in [0.1, 0.15) is 0 Å². The maximum atomic E-state index is 8.68. The van der Waals surface area contributed by atoms with Crippen molar-refractivity contribution in [1.82, 2.24) is 0 Å². The molecule has 2 aromatic rings. The standard InChI is InChI=1S/C18H20O.C14H16.2C2H6.CH4/c1-15-6-10-17(11-7-15)18-12-8-16(9-13-18)5-3-2-4-14-19;1-4-6-7-13(5-2)14-10-8-12(3)9-11-14;2*1-2;/h6,8-13,15,19H,2,4,7,14H2,1H3;4-11H,1H2,2-3H3;2*1-2H3;1H4/b;7-6-,13-5+;;;. The van der Waals surface area contributed by atoms with Crippen molar-refractivity contribution in [3.8, 4) is 11.8 Å². The first-order valence-electron chi connectivity index (χ1n) is 13.7. The van der Waals surface area contributed by atoms with Crippen LogP contribution >= 0.6 is 0 Å². The highest BCUT2D eigenvalue weighted by Crippen LogP contribution is 2.24. The van der Waals surface area contributed by atoms with Crippen LogP contribution in [0.4, 0.5) is 0 Å². The van der Waals surface area contributed by atoms with Crippen LogP contribution in [0.15, 0.2) is 97.6 Å². The van der Waals surface area contributed by atoms with Gasteiger partial charge in [0, 0.05) is 18.6 Å². The lowest BCUT2D eigenvalue weighted by Crippen LogP contribution is -1.94. The molecule has 0 radical (unpaired) electrons. The van der Waals surface area contributed by atoms with Crippen molar-refractivity contribution in [1.29, 1.82) is 0 Å². The van der Waals surface area contributed by atoms with E-state index in [4.69, 9.17) is 5.11 Å². The smallest absolute Gasteiger partial charge is 0.0440 e. The summed E-state index contributed by atoms with van der Waals surface area (Å²) in [6.07, 6.45) is 17.3. The topological polar surface area (TPSA) is 20.2 Å². The molecule has 0 fully saturated rings. The zero-order chi connectivity index (χ0) is 27.9. The van der Waals surface area contributed by atoms with Gasteiger partial charge in [-0.15, -0.1) is 0 Å². The van der Waals surface area contributed by atoms with Gasteiger partial charge in [0.15, 0.2) is 0 Å². The van der Waals surface area contributed by atoms with Gasteiger partial charge in [-0.05, 0) is 67.0 Å². The minimum absolute atomic E-state index is 0. The predicted molar refractivity (Wildman–Crippen MR) is 174 cm³/mol. The molecule has 3 rings (SSSR count). The summed E-state index contributed by atoms with van der Waals surface area (Å²) in [4.78, 5) is 0. The van der Waals surface area contributed by atoms with Crippen LogP contribution in [0.5, 0.6) is 0 Å². The molecule has 1 aliphatic rings. The Morgan fingerprint density at radius 1 is 1.03 bits per heavy atom. The summed E-state index contributed by atoms with van der Waals surface area (Å²) in [5.41, 5.74) is 7.36. The average molecular weight is 513 g/mol. The van der Waals surface area contributed by atoms with Crippen molar-refractivity contribution in [3.05, 3.63) is 120 Å². The zero-order valence-electron chi connectivity index (χ0n) is 24.2. The third kappa shape index (κ3) is 15.0. The van der Waals surface area contributed by atoms with Crippen molar-refractivity contribution >= 4 is 11.1 Å². The lowest BCUT2D eigenvalue weighted by Gasteiger charge is -2.11. The van der Waals surface area contributed by atoms with E-state index in [9.17, 15) is 0 Å². The molecule has 38 heavy (non-hydrogen) atoms. The molecule has 0 saturated carbocycles. The van der Waals surface area contributed by atoms with Gasteiger partial charge in [-0.1, -0.05) is 145 Å². The van der Waals surface area contributed by atoms with Crippen LogP contribution in [0.2, 0.25) is 0 Å². The van der Waals surface area contributed by atoms with E-state index < -0.39 is 0 Å². The summed E-state index contributed by atoms with van der Waals surface area (Å²) in [5.74, 6) is 6.84. The van der Waals surface area contributed by atoms with Gasteiger partial charge >= 0.3 is 0 Å². The van der Waals surface area contributed by atoms with Crippen LogP contribution in [0.25, 0.3) is 11.1 Å². The van der Waals surface area contributed by atoms with Crippen LogP contribution in [0.1, 0.15) is 90.5 Å².